The minimum atomic E-state index is -0.404. The van der Waals surface area contributed by atoms with E-state index in [2.05, 4.69) is 37.2 Å². The summed E-state index contributed by atoms with van der Waals surface area (Å²) in [7, 11) is 0. The second-order valence-electron chi connectivity index (χ2n) is 4.33. The average Bonchev–Trinajstić information content (AvgIpc) is 2.42. The van der Waals surface area contributed by atoms with Crippen molar-refractivity contribution in [3.63, 3.8) is 0 Å². The Morgan fingerprint density at radius 3 is 2.60 bits per heavy atom. The van der Waals surface area contributed by atoms with E-state index in [0.717, 1.165) is 26.6 Å². The van der Waals surface area contributed by atoms with Gasteiger partial charge in [-0.05, 0) is 48.0 Å². The van der Waals surface area contributed by atoms with Crippen LogP contribution in [-0.2, 0) is 0 Å². The van der Waals surface area contributed by atoms with Gasteiger partial charge in [-0.3, -0.25) is 0 Å². The summed E-state index contributed by atoms with van der Waals surface area (Å²) in [5.74, 6) is -0.404. The molecular formula is C15H13Br2ClFN. The van der Waals surface area contributed by atoms with Crippen molar-refractivity contribution < 1.29 is 4.39 Å². The molecule has 0 saturated carbocycles. The van der Waals surface area contributed by atoms with E-state index in [1.165, 1.54) is 6.07 Å². The van der Waals surface area contributed by atoms with Crippen molar-refractivity contribution in [2.45, 2.75) is 13.0 Å². The molecule has 2 aromatic rings. The molecule has 0 aliphatic carbocycles. The van der Waals surface area contributed by atoms with Crippen molar-refractivity contribution in [3.8, 4) is 0 Å². The van der Waals surface area contributed by atoms with Crippen LogP contribution in [0.5, 0.6) is 0 Å². The topological polar surface area (TPSA) is 12.0 Å². The molecule has 0 aromatic heterocycles. The Hall–Kier alpha value is -0.420. The van der Waals surface area contributed by atoms with E-state index in [-0.39, 0.29) is 11.1 Å². The lowest BCUT2D eigenvalue weighted by atomic mass is 9.98. The quantitative estimate of drug-likeness (QED) is 0.667. The Balaban J connectivity index is 2.49. The highest BCUT2D eigenvalue weighted by Gasteiger charge is 2.17. The summed E-state index contributed by atoms with van der Waals surface area (Å²) in [6, 6.07) is 10.7. The first-order chi connectivity index (χ1) is 9.52. The normalized spacial score (nSPS) is 12.4. The molecule has 0 saturated heterocycles. The van der Waals surface area contributed by atoms with E-state index in [1.54, 1.807) is 6.07 Å². The van der Waals surface area contributed by atoms with Gasteiger partial charge in [-0.15, -0.1) is 0 Å². The van der Waals surface area contributed by atoms with Gasteiger partial charge in [0.15, 0.2) is 0 Å². The van der Waals surface area contributed by atoms with E-state index in [0.29, 0.717) is 0 Å². The van der Waals surface area contributed by atoms with Gasteiger partial charge < -0.3 is 5.32 Å². The summed E-state index contributed by atoms with van der Waals surface area (Å²) in [6.45, 7) is 2.79. The molecule has 5 heteroatoms. The number of hydrogen-bond donors (Lipinski definition) is 1. The molecule has 1 atom stereocenters. The van der Waals surface area contributed by atoms with E-state index < -0.39 is 5.82 Å². The highest BCUT2D eigenvalue weighted by molar-refractivity contribution is 9.11. The number of halogens is 4. The van der Waals surface area contributed by atoms with Crippen molar-refractivity contribution in [1.29, 1.82) is 0 Å². The number of rotatable bonds is 4. The van der Waals surface area contributed by atoms with Crippen LogP contribution >= 0.6 is 43.5 Å². The van der Waals surface area contributed by atoms with Crippen molar-refractivity contribution in [2.75, 3.05) is 6.54 Å². The maximum Gasteiger partial charge on any atom is 0.142 e. The maximum atomic E-state index is 13.7. The molecule has 0 heterocycles. The van der Waals surface area contributed by atoms with Gasteiger partial charge in [0, 0.05) is 8.95 Å². The SMILES string of the molecule is CCNC(c1ccc(Cl)c(F)c1)c1cc(Br)ccc1Br. The van der Waals surface area contributed by atoms with Gasteiger partial charge >= 0.3 is 0 Å². The zero-order valence-corrected chi connectivity index (χ0v) is 14.7. The third kappa shape index (κ3) is 3.61. The molecule has 1 nitrogen and oxygen atoms in total. The van der Waals surface area contributed by atoms with Gasteiger partial charge in [-0.25, -0.2) is 4.39 Å². The van der Waals surface area contributed by atoms with E-state index in [4.69, 9.17) is 11.6 Å². The maximum absolute atomic E-state index is 13.7. The largest absolute Gasteiger partial charge is 0.306 e. The summed E-state index contributed by atoms with van der Waals surface area (Å²) in [4.78, 5) is 0. The lowest BCUT2D eigenvalue weighted by molar-refractivity contribution is 0.602. The molecule has 1 unspecified atom stereocenters. The lowest BCUT2D eigenvalue weighted by Crippen LogP contribution is -2.22. The molecular weight excluding hydrogens is 408 g/mol. The van der Waals surface area contributed by atoms with Gasteiger partial charge in [-0.2, -0.15) is 0 Å². The van der Waals surface area contributed by atoms with E-state index >= 15 is 0 Å². The summed E-state index contributed by atoms with van der Waals surface area (Å²) < 4.78 is 15.6. The first kappa shape index (κ1) is 16.0. The molecule has 0 spiro atoms. The van der Waals surface area contributed by atoms with Crippen molar-refractivity contribution in [3.05, 3.63) is 67.3 Å². The minimum absolute atomic E-state index is 0.0985. The van der Waals surface area contributed by atoms with Crippen LogP contribution in [0.25, 0.3) is 0 Å². The van der Waals surface area contributed by atoms with Crippen LogP contribution in [0, 0.1) is 5.82 Å². The zero-order valence-electron chi connectivity index (χ0n) is 10.8. The Kier molecular flexibility index (Phi) is 5.61. The van der Waals surface area contributed by atoms with Crippen LogP contribution in [0.2, 0.25) is 5.02 Å². The Morgan fingerprint density at radius 2 is 1.95 bits per heavy atom. The predicted octanol–water partition coefficient (Wildman–Crippen LogP) is 5.70. The minimum Gasteiger partial charge on any atom is -0.306 e. The second kappa shape index (κ2) is 7.03. The molecule has 0 aliphatic rings. The Bertz CT molecular complexity index is 619. The molecule has 0 fully saturated rings. The van der Waals surface area contributed by atoms with E-state index in [1.807, 2.05) is 31.2 Å². The summed E-state index contributed by atoms with van der Waals surface area (Å²) in [6.07, 6.45) is 0. The Labute approximate surface area is 139 Å². The third-order valence-corrected chi connectivity index (χ3v) is 4.48. The van der Waals surface area contributed by atoms with Crippen LogP contribution in [0.3, 0.4) is 0 Å². The molecule has 2 aromatic carbocycles. The fraction of sp³-hybridized carbons (Fsp3) is 0.200. The van der Waals surface area contributed by atoms with Crippen molar-refractivity contribution in [2.24, 2.45) is 0 Å². The van der Waals surface area contributed by atoms with Crippen molar-refractivity contribution in [1.82, 2.24) is 5.32 Å². The second-order valence-corrected chi connectivity index (χ2v) is 6.51. The third-order valence-electron chi connectivity index (χ3n) is 2.95. The van der Waals surface area contributed by atoms with Crippen LogP contribution in [0.4, 0.5) is 4.39 Å². The molecule has 0 radical (unpaired) electrons. The first-order valence-corrected chi connectivity index (χ1v) is 8.12. The fourth-order valence-electron chi connectivity index (χ4n) is 2.04. The summed E-state index contributed by atoms with van der Waals surface area (Å²) in [5.41, 5.74) is 1.88. The first-order valence-electron chi connectivity index (χ1n) is 6.16. The summed E-state index contributed by atoms with van der Waals surface area (Å²) >= 11 is 12.8. The molecule has 0 amide bonds. The highest BCUT2D eigenvalue weighted by atomic mass is 79.9. The van der Waals surface area contributed by atoms with Gasteiger partial charge in [-0.1, -0.05) is 56.5 Å². The van der Waals surface area contributed by atoms with Crippen LogP contribution in [-0.4, -0.2) is 6.54 Å². The molecule has 20 heavy (non-hydrogen) atoms. The molecule has 0 bridgehead atoms. The van der Waals surface area contributed by atoms with Gasteiger partial charge in [0.2, 0.25) is 0 Å². The Morgan fingerprint density at radius 1 is 1.20 bits per heavy atom. The number of nitrogens with one attached hydrogen (secondary N) is 1. The van der Waals surface area contributed by atoms with Crippen LogP contribution < -0.4 is 5.32 Å². The molecule has 106 valence electrons. The average molecular weight is 422 g/mol. The molecule has 1 N–H and O–H groups in total. The zero-order chi connectivity index (χ0) is 14.7. The van der Waals surface area contributed by atoms with Gasteiger partial charge in [0.05, 0.1) is 11.1 Å². The van der Waals surface area contributed by atoms with Crippen molar-refractivity contribution >= 4 is 43.5 Å². The monoisotopic (exact) mass is 419 g/mol. The van der Waals surface area contributed by atoms with Crippen LogP contribution in [0.1, 0.15) is 24.1 Å². The standard InChI is InChI=1S/C15H13Br2ClFN/c1-2-20-15(9-3-6-13(18)14(19)7-9)11-8-10(16)4-5-12(11)17/h3-8,15,20H,2H2,1H3. The highest BCUT2D eigenvalue weighted by Crippen LogP contribution is 2.32. The molecule has 2 rings (SSSR count). The number of benzene rings is 2. The van der Waals surface area contributed by atoms with Gasteiger partial charge in [0.1, 0.15) is 5.82 Å². The predicted molar refractivity (Wildman–Crippen MR) is 88.8 cm³/mol. The van der Waals surface area contributed by atoms with Gasteiger partial charge in [0.25, 0.3) is 0 Å². The lowest BCUT2D eigenvalue weighted by Gasteiger charge is -2.21. The number of hydrogen-bond acceptors (Lipinski definition) is 1. The smallest absolute Gasteiger partial charge is 0.142 e. The fourth-order valence-corrected chi connectivity index (χ4v) is 3.01. The summed E-state index contributed by atoms with van der Waals surface area (Å²) in [5, 5.41) is 3.51. The van der Waals surface area contributed by atoms with Crippen LogP contribution in [0.15, 0.2) is 45.3 Å². The molecule has 0 aliphatic heterocycles. The van der Waals surface area contributed by atoms with E-state index in [9.17, 15) is 4.39 Å².